The van der Waals surface area contributed by atoms with Crippen LogP contribution in [0.25, 0.3) is 11.1 Å². The molecule has 7 heteroatoms. The van der Waals surface area contributed by atoms with Crippen molar-refractivity contribution < 1.29 is 27.8 Å². The Balaban J connectivity index is 2.10. The number of benzene rings is 3. The molecule has 3 aromatic carbocycles. The van der Waals surface area contributed by atoms with Crippen LogP contribution >= 0.6 is 0 Å². The van der Waals surface area contributed by atoms with Crippen LogP contribution in [-0.2, 0) is 4.79 Å². The van der Waals surface area contributed by atoms with Gasteiger partial charge in [0.05, 0.1) is 5.69 Å². The average molecular weight is 457 g/mol. The van der Waals surface area contributed by atoms with Crippen LogP contribution in [-0.4, -0.2) is 24.2 Å². The number of hydrogen-bond acceptors (Lipinski definition) is 3. The predicted octanol–water partition coefficient (Wildman–Crippen LogP) is 6.64. The lowest BCUT2D eigenvalue weighted by Gasteiger charge is -2.27. The van der Waals surface area contributed by atoms with Crippen molar-refractivity contribution in [2.24, 2.45) is 5.92 Å². The molecule has 0 aromatic heterocycles. The van der Waals surface area contributed by atoms with E-state index in [0.717, 1.165) is 0 Å². The van der Waals surface area contributed by atoms with Gasteiger partial charge in [0.15, 0.2) is 6.10 Å². The molecule has 1 atom stereocenters. The van der Waals surface area contributed by atoms with Gasteiger partial charge >= 0.3 is 5.97 Å². The molecular weight excluding hydrogens is 431 g/mol. The van der Waals surface area contributed by atoms with E-state index in [1.54, 1.807) is 46.9 Å². The zero-order valence-corrected chi connectivity index (χ0v) is 19.1. The summed E-state index contributed by atoms with van der Waals surface area (Å²) in [5.41, 5.74) is 2.09. The van der Waals surface area contributed by atoms with Crippen molar-refractivity contribution in [2.75, 3.05) is 11.9 Å². The topological polar surface area (TPSA) is 49.8 Å². The second-order valence-corrected chi connectivity index (χ2v) is 8.31. The molecule has 0 fully saturated rings. The zero-order valence-electron chi connectivity index (χ0n) is 19.1. The molecule has 0 amide bonds. The Morgan fingerprint density at radius 1 is 0.939 bits per heavy atom. The standard InChI is InChI=1S/C26H26F3NO3/c1-14(2)25(26(31)32)33-23-10-9-20(28)24(16(23)4)30(5)22-13-18(12-21(29)15(22)3)17-7-6-8-19(27)11-17/h6-14,25H,1-5H3,(H,31,32). The summed E-state index contributed by atoms with van der Waals surface area (Å²) in [5, 5.41) is 9.45. The molecule has 0 radical (unpaired) electrons. The first-order chi connectivity index (χ1) is 15.5. The SMILES string of the molecule is Cc1c(F)cc(-c2cccc(F)c2)cc1N(C)c1c(F)ccc(OC(C(=O)O)C(C)C)c1C. The lowest BCUT2D eigenvalue weighted by molar-refractivity contribution is -0.147. The van der Waals surface area contributed by atoms with E-state index in [0.29, 0.717) is 22.4 Å². The zero-order chi connectivity index (χ0) is 24.4. The Morgan fingerprint density at radius 3 is 2.24 bits per heavy atom. The Kier molecular flexibility index (Phi) is 7.01. The van der Waals surface area contributed by atoms with E-state index in [9.17, 15) is 23.1 Å². The van der Waals surface area contributed by atoms with Crippen LogP contribution in [0.3, 0.4) is 0 Å². The third-order valence-electron chi connectivity index (χ3n) is 5.61. The second-order valence-electron chi connectivity index (χ2n) is 8.31. The van der Waals surface area contributed by atoms with Gasteiger partial charge in [-0.3, -0.25) is 0 Å². The molecule has 0 saturated carbocycles. The average Bonchev–Trinajstić information content (AvgIpc) is 2.74. The van der Waals surface area contributed by atoms with Gasteiger partial charge in [0, 0.05) is 29.8 Å². The highest BCUT2D eigenvalue weighted by atomic mass is 19.1. The molecule has 0 aliphatic carbocycles. The fourth-order valence-corrected chi connectivity index (χ4v) is 3.76. The number of carboxylic acids is 1. The summed E-state index contributed by atoms with van der Waals surface area (Å²) in [5.74, 6) is -2.76. The lowest BCUT2D eigenvalue weighted by atomic mass is 10.0. The molecule has 174 valence electrons. The molecule has 3 rings (SSSR count). The maximum atomic E-state index is 15.0. The molecule has 0 heterocycles. The number of halogens is 3. The highest BCUT2D eigenvalue weighted by Crippen LogP contribution is 2.39. The van der Waals surface area contributed by atoms with Gasteiger partial charge in [0.2, 0.25) is 0 Å². The van der Waals surface area contributed by atoms with Crippen LogP contribution in [0.2, 0.25) is 0 Å². The molecule has 1 N–H and O–H groups in total. The maximum absolute atomic E-state index is 15.0. The van der Waals surface area contributed by atoms with E-state index in [2.05, 4.69) is 0 Å². The van der Waals surface area contributed by atoms with Crippen LogP contribution in [0, 0.1) is 37.2 Å². The Labute approximate surface area is 191 Å². The molecule has 0 spiro atoms. The molecular formula is C26H26F3NO3. The summed E-state index contributed by atoms with van der Waals surface area (Å²) in [7, 11) is 1.59. The summed E-state index contributed by atoms with van der Waals surface area (Å²) >= 11 is 0. The minimum Gasteiger partial charge on any atom is -0.478 e. The molecule has 33 heavy (non-hydrogen) atoms. The summed E-state index contributed by atoms with van der Waals surface area (Å²) < 4.78 is 49.2. The quantitative estimate of drug-likeness (QED) is 0.432. The Bertz CT molecular complexity index is 1190. The van der Waals surface area contributed by atoms with E-state index in [1.807, 2.05) is 0 Å². The molecule has 1 unspecified atom stereocenters. The minimum absolute atomic E-state index is 0.124. The van der Waals surface area contributed by atoms with Crippen molar-refractivity contribution in [1.29, 1.82) is 0 Å². The summed E-state index contributed by atoms with van der Waals surface area (Å²) in [6.45, 7) is 6.62. The Morgan fingerprint density at radius 2 is 1.64 bits per heavy atom. The molecule has 0 aliphatic heterocycles. The van der Waals surface area contributed by atoms with Gasteiger partial charge in [-0.15, -0.1) is 0 Å². The molecule has 3 aromatic rings. The monoisotopic (exact) mass is 457 g/mol. The smallest absolute Gasteiger partial charge is 0.345 e. The number of ether oxygens (including phenoxy) is 1. The van der Waals surface area contributed by atoms with Gasteiger partial charge in [-0.05, 0) is 61.4 Å². The van der Waals surface area contributed by atoms with Crippen molar-refractivity contribution in [3.05, 3.63) is 77.1 Å². The van der Waals surface area contributed by atoms with Crippen LogP contribution in [0.5, 0.6) is 5.75 Å². The van der Waals surface area contributed by atoms with Gasteiger partial charge in [0.25, 0.3) is 0 Å². The summed E-state index contributed by atoms with van der Waals surface area (Å²) in [4.78, 5) is 13.1. The van der Waals surface area contributed by atoms with Gasteiger partial charge in [0.1, 0.15) is 23.2 Å². The maximum Gasteiger partial charge on any atom is 0.345 e. The number of carboxylic acid groups (broad SMARTS) is 1. The van der Waals surface area contributed by atoms with E-state index >= 15 is 0 Å². The van der Waals surface area contributed by atoms with Crippen LogP contribution in [0.1, 0.15) is 25.0 Å². The lowest BCUT2D eigenvalue weighted by Crippen LogP contribution is -2.32. The van der Waals surface area contributed by atoms with Crippen LogP contribution in [0.15, 0.2) is 48.5 Å². The van der Waals surface area contributed by atoms with E-state index in [4.69, 9.17) is 4.74 Å². The molecule has 0 aliphatic rings. The predicted molar refractivity (Wildman–Crippen MR) is 123 cm³/mol. The fraction of sp³-hybridized carbons (Fsp3) is 0.269. The van der Waals surface area contributed by atoms with Crippen LogP contribution in [0.4, 0.5) is 24.5 Å². The normalized spacial score (nSPS) is 12.0. The molecule has 0 bridgehead atoms. The van der Waals surface area contributed by atoms with E-state index in [-0.39, 0.29) is 22.9 Å². The third kappa shape index (κ3) is 4.97. The highest BCUT2D eigenvalue weighted by molar-refractivity contribution is 5.77. The third-order valence-corrected chi connectivity index (χ3v) is 5.61. The van der Waals surface area contributed by atoms with Crippen molar-refractivity contribution >= 4 is 17.3 Å². The van der Waals surface area contributed by atoms with Crippen molar-refractivity contribution in [1.82, 2.24) is 0 Å². The first-order valence-electron chi connectivity index (χ1n) is 10.5. The minimum atomic E-state index is -1.12. The van der Waals surface area contributed by atoms with Crippen molar-refractivity contribution in [3.8, 4) is 16.9 Å². The number of anilines is 2. The Hall–Kier alpha value is -3.48. The first-order valence-corrected chi connectivity index (χ1v) is 10.5. The van der Waals surface area contributed by atoms with E-state index in [1.165, 1.54) is 41.3 Å². The van der Waals surface area contributed by atoms with Gasteiger partial charge in [-0.2, -0.15) is 0 Å². The first kappa shape index (κ1) is 24.2. The largest absolute Gasteiger partial charge is 0.478 e. The number of carbonyl (C=O) groups is 1. The molecule has 4 nitrogen and oxygen atoms in total. The summed E-state index contributed by atoms with van der Waals surface area (Å²) in [6, 6.07) is 11.3. The number of hydrogen-bond donors (Lipinski definition) is 1. The number of aliphatic carboxylic acids is 1. The summed E-state index contributed by atoms with van der Waals surface area (Å²) in [6.07, 6.45) is -1.11. The van der Waals surface area contributed by atoms with Crippen LogP contribution < -0.4 is 9.64 Å². The van der Waals surface area contributed by atoms with Crippen molar-refractivity contribution in [3.63, 3.8) is 0 Å². The van der Waals surface area contributed by atoms with Crippen molar-refractivity contribution in [2.45, 2.75) is 33.8 Å². The molecule has 0 saturated heterocycles. The van der Waals surface area contributed by atoms with Gasteiger partial charge < -0.3 is 14.7 Å². The highest BCUT2D eigenvalue weighted by Gasteiger charge is 2.26. The number of nitrogens with zero attached hydrogens (tertiary/aromatic N) is 1. The van der Waals surface area contributed by atoms with E-state index < -0.39 is 29.5 Å². The fourth-order valence-electron chi connectivity index (χ4n) is 3.76. The van der Waals surface area contributed by atoms with Gasteiger partial charge in [-0.1, -0.05) is 26.0 Å². The number of rotatable bonds is 7. The second kappa shape index (κ2) is 9.57. The van der Waals surface area contributed by atoms with Gasteiger partial charge in [-0.25, -0.2) is 18.0 Å².